The average Bonchev–Trinajstić information content (AvgIpc) is 2.95. The highest BCUT2D eigenvalue weighted by Gasteiger charge is 2.44. The molecule has 2 heterocycles. The molecule has 2 N–H and O–H groups in total. The van der Waals surface area contributed by atoms with Crippen molar-refractivity contribution in [2.45, 2.75) is 45.2 Å². The molecule has 3 amide bonds. The zero-order chi connectivity index (χ0) is 14.8. The van der Waals surface area contributed by atoms with E-state index in [0.29, 0.717) is 12.6 Å². The fraction of sp³-hybridized carbons (Fsp3) is 0.857. The maximum Gasteiger partial charge on any atom is 0.325 e. The maximum absolute atomic E-state index is 12.1. The third kappa shape index (κ3) is 4.08. The molecule has 2 aliphatic heterocycles. The predicted octanol–water partition coefficient (Wildman–Crippen LogP) is 0.812. The number of amides is 3. The smallest absolute Gasteiger partial charge is 0.324 e. The molecular formula is C14H27ClN4O2. The number of carbonyl (C=O) groups is 2. The molecule has 0 spiro atoms. The van der Waals surface area contributed by atoms with Gasteiger partial charge in [0.05, 0.1) is 0 Å². The van der Waals surface area contributed by atoms with Crippen molar-refractivity contribution in [1.82, 2.24) is 20.4 Å². The Morgan fingerprint density at radius 2 is 2.05 bits per heavy atom. The van der Waals surface area contributed by atoms with Gasteiger partial charge in [-0.3, -0.25) is 14.6 Å². The number of hydrogen-bond donors (Lipinski definition) is 2. The molecular weight excluding hydrogens is 292 g/mol. The van der Waals surface area contributed by atoms with Gasteiger partial charge >= 0.3 is 6.03 Å². The SMILES string of the molecule is CCCN(CCN1C(=O)NC(C)(C)C1=O)C1CCNC1.Cl. The first-order valence-corrected chi connectivity index (χ1v) is 7.54. The molecule has 2 rings (SSSR count). The molecule has 0 radical (unpaired) electrons. The molecule has 122 valence electrons. The number of carbonyl (C=O) groups excluding carboxylic acids is 2. The Bertz CT molecular complexity index is 383. The van der Waals surface area contributed by atoms with Crippen LogP contribution in [0.3, 0.4) is 0 Å². The lowest BCUT2D eigenvalue weighted by molar-refractivity contribution is -0.130. The second kappa shape index (κ2) is 7.42. The van der Waals surface area contributed by atoms with E-state index in [1.165, 1.54) is 4.90 Å². The van der Waals surface area contributed by atoms with Crippen molar-refractivity contribution in [3.05, 3.63) is 0 Å². The summed E-state index contributed by atoms with van der Waals surface area (Å²) >= 11 is 0. The molecule has 0 aromatic carbocycles. The van der Waals surface area contributed by atoms with Crippen molar-refractivity contribution in [2.75, 3.05) is 32.7 Å². The number of imide groups is 1. The Hall–Kier alpha value is -0.850. The van der Waals surface area contributed by atoms with Crippen LogP contribution in [0.4, 0.5) is 4.79 Å². The molecule has 1 unspecified atom stereocenters. The van der Waals surface area contributed by atoms with Crippen molar-refractivity contribution in [3.63, 3.8) is 0 Å². The third-order valence-corrected chi connectivity index (χ3v) is 4.12. The van der Waals surface area contributed by atoms with E-state index in [1.807, 2.05) is 0 Å². The fourth-order valence-electron chi connectivity index (χ4n) is 2.96. The van der Waals surface area contributed by atoms with Gasteiger partial charge in [0.2, 0.25) is 0 Å². The van der Waals surface area contributed by atoms with Crippen molar-refractivity contribution in [3.8, 4) is 0 Å². The van der Waals surface area contributed by atoms with Crippen LogP contribution in [0.5, 0.6) is 0 Å². The highest BCUT2D eigenvalue weighted by molar-refractivity contribution is 6.06. The molecule has 0 saturated carbocycles. The summed E-state index contributed by atoms with van der Waals surface area (Å²) in [5, 5.41) is 6.09. The zero-order valence-electron chi connectivity index (χ0n) is 13.1. The largest absolute Gasteiger partial charge is 0.325 e. The molecule has 0 aliphatic carbocycles. The summed E-state index contributed by atoms with van der Waals surface area (Å²) in [5.74, 6) is -0.122. The minimum absolute atomic E-state index is 0. The van der Waals surface area contributed by atoms with E-state index in [0.717, 1.165) is 39.0 Å². The van der Waals surface area contributed by atoms with Crippen LogP contribution in [0.15, 0.2) is 0 Å². The summed E-state index contributed by atoms with van der Waals surface area (Å²) < 4.78 is 0. The van der Waals surface area contributed by atoms with E-state index in [4.69, 9.17) is 0 Å². The zero-order valence-corrected chi connectivity index (χ0v) is 14.0. The first-order chi connectivity index (χ1) is 9.45. The lowest BCUT2D eigenvalue weighted by atomic mass is 10.1. The molecule has 2 fully saturated rings. The highest BCUT2D eigenvalue weighted by Crippen LogP contribution is 2.17. The Labute approximate surface area is 133 Å². The fourth-order valence-corrected chi connectivity index (χ4v) is 2.96. The van der Waals surface area contributed by atoms with Gasteiger partial charge in [0.1, 0.15) is 5.54 Å². The number of nitrogens with zero attached hydrogens (tertiary/aromatic N) is 2. The topological polar surface area (TPSA) is 64.7 Å². The Kier molecular flexibility index (Phi) is 6.43. The minimum atomic E-state index is -0.762. The van der Waals surface area contributed by atoms with Crippen molar-refractivity contribution >= 4 is 24.3 Å². The van der Waals surface area contributed by atoms with Gasteiger partial charge in [-0.25, -0.2) is 4.79 Å². The van der Waals surface area contributed by atoms with Crippen LogP contribution < -0.4 is 10.6 Å². The van der Waals surface area contributed by atoms with Gasteiger partial charge in [-0.2, -0.15) is 0 Å². The van der Waals surface area contributed by atoms with Gasteiger partial charge in [0.25, 0.3) is 5.91 Å². The van der Waals surface area contributed by atoms with Crippen LogP contribution in [0.2, 0.25) is 0 Å². The van der Waals surface area contributed by atoms with Gasteiger partial charge in [-0.15, -0.1) is 12.4 Å². The lowest BCUT2D eigenvalue weighted by Gasteiger charge is -2.29. The van der Waals surface area contributed by atoms with Crippen LogP contribution in [0.1, 0.15) is 33.6 Å². The number of halogens is 1. The quantitative estimate of drug-likeness (QED) is 0.712. The van der Waals surface area contributed by atoms with Gasteiger partial charge < -0.3 is 10.6 Å². The number of rotatable bonds is 6. The van der Waals surface area contributed by atoms with Gasteiger partial charge in [0, 0.05) is 25.7 Å². The van der Waals surface area contributed by atoms with Gasteiger partial charge in [-0.05, 0) is 39.8 Å². The molecule has 7 heteroatoms. The molecule has 2 saturated heterocycles. The van der Waals surface area contributed by atoms with Crippen LogP contribution in [-0.4, -0.2) is 66.0 Å². The maximum atomic E-state index is 12.1. The highest BCUT2D eigenvalue weighted by atomic mass is 35.5. The number of hydrogen-bond acceptors (Lipinski definition) is 4. The van der Waals surface area contributed by atoms with E-state index in [-0.39, 0.29) is 24.3 Å². The first-order valence-electron chi connectivity index (χ1n) is 7.54. The Morgan fingerprint density at radius 1 is 1.33 bits per heavy atom. The van der Waals surface area contributed by atoms with Crippen LogP contribution in [-0.2, 0) is 4.79 Å². The van der Waals surface area contributed by atoms with E-state index in [1.54, 1.807) is 13.8 Å². The normalized spacial score (nSPS) is 24.4. The summed E-state index contributed by atoms with van der Waals surface area (Å²) in [6, 6.07) is 0.268. The summed E-state index contributed by atoms with van der Waals surface area (Å²) in [4.78, 5) is 27.7. The van der Waals surface area contributed by atoms with E-state index >= 15 is 0 Å². The third-order valence-electron chi connectivity index (χ3n) is 4.12. The molecule has 2 aliphatic rings. The van der Waals surface area contributed by atoms with E-state index < -0.39 is 5.54 Å². The Balaban J connectivity index is 0.00000220. The van der Waals surface area contributed by atoms with Crippen molar-refractivity contribution in [2.24, 2.45) is 0 Å². The number of urea groups is 1. The standard InChI is InChI=1S/C14H26N4O2.ClH/c1-4-7-17(11-5-6-15-10-11)8-9-18-12(19)14(2,3)16-13(18)20;/h11,15H,4-10H2,1-3H3,(H,16,20);1H. The minimum Gasteiger partial charge on any atom is -0.324 e. The van der Waals surface area contributed by atoms with E-state index in [9.17, 15) is 9.59 Å². The summed E-state index contributed by atoms with van der Waals surface area (Å²) in [6.07, 6.45) is 2.23. The average molecular weight is 319 g/mol. The Morgan fingerprint density at radius 3 is 2.52 bits per heavy atom. The summed E-state index contributed by atoms with van der Waals surface area (Å²) in [6.45, 7) is 9.97. The molecule has 0 aromatic heterocycles. The summed E-state index contributed by atoms with van der Waals surface area (Å²) in [5.41, 5.74) is -0.762. The molecule has 0 aromatic rings. The van der Waals surface area contributed by atoms with E-state index in [2.05, 4.69) is 22.5 Å². The number of nitrogens with one attached hydrogen (secondary N) is 2. The lowest BCUT2D eigenvalue weighted by Crippen LogP contribution is -2.45. The first kappa shape index (κ1) is 18.2. The van der Waals surface area contributed by atoms with Crippen LogP contribution >= 0.6 is 12.4 Å². The second-order valence-electron chi connectivity index (χ2n) is 6.19. The molecule has 6 nitrogen and oxygen atoms in total. The molecule has 1 atom stereocenters. The molecule has 21 heavy (non-hydrogen) atoms. The van der Waals surface area contributed by atoms with Gasteiger partial charge in [-0.1, -0.05) is 6.92 Å². The predicted molar refractivity (Wildman–Crippen MR) is 84.7 cm³/mol. The monoisotopic (exact) mass is 318 g/mol. The summed E-state index contributed by atoms with van der Waals surface area (Å²) in [7, 11) is 0. The second-order valence-corrected chi connectivity index (χ2v) is 6.19. The van der Waals surface area contributed by atoms with Crippen molar-refractivity contribution in [1.29, 1.82) is 0 Å². The van der Waals surface area contributed by atoms with Crippen LogP contribution in [0, 0.1) is 0 Å². The van der Waals surface area contributed by atoms with Crippen LogP contribution in [0.25, 0.3) is 0 Å². The van der Waals surface area contributed by atoms with Gasteiger partial charge in [0.15, 0.2) is 0 Å². The molecule has 0 bridgehead atoms. The van der Waals surface area contributed by atoms with Crippen molar-refractivity contribution < 1.29 is 9.59 Å².